The van der Waals surface area contributed by atoms with Gasteiger partial charge in [0, 0.05) is 0 Å². The molecule has 0 radical (unpaired) electrons. The van der Waals surface area contributed by atoms with Crippen molar-refractivity contribution in [1.29, 1.82) is 0 Å². The number of aromatic nitrogens is 2. The second-order valence-electron chi connectivity index (χ2n) is 3.68. The lowest BCUT2D eigenvalue weighted by Crippen LogP contribution is -2.27. The zero-order valence-corrected chi connectivity index (χ0v) is 8.29. The summed E-state index contributed by atoms with van der Waals surface area (Å²) in [6.45, 7) is 1.89. The Kier molecular flexibility index (Phi) is 1.61. The van der Waals surface area contributed by atoms with Crippen molar-refractivity contribution >= 4 is 5.69 Å². The number of hydrogen-bond acceptors (Lipinski definition) is 3. The van der Waals surface area contributed by atoms with Crippen LogP contribution in [0.3, 0.4) is 0 Å². The lowest BCUT2D eigenvalue weighted by Gasteiger charge is -2.42. The van der Waals surface area contributed by atoms with E-state index < -0.39 is 0 Å². The minimum Gasteiger partial charge on any atom is -0.758 e. The summed E-state index contributed by atoms with van der Waals surface area (Å²) in [5, 5.41) is 13.0. The van der Waals surface area contributed by atoms with Gasteiger partial charge in [-0.15, -0.1) is 0 Å². The Labute approximate surface area is 87.4 Å². The molecule has 4 heteroatoms. The summed E-state index contributed by atoms with van der Waals surface area (Å²) in [4.78, 5) is 4.08. The highest BCUT2D eigenvalue weighted by Gasteiger charge is 2.22. The van der Waals surface area contributed by atoms with E-state index in [1.807, 2.05) is 35.8 Å². The van der Waals surface area contributed by atoms with Gasteiger partial charge in [-0.3, -0.25) is 4.57 Å². The fourth-order valence-corrected chi connectivity index (χ4v) is 2.00. The molecule has 0 saturated carbocycles. The molecule has 1 aliphatic rings. The molecule has 1 aromatic carbocycles. The molecule has 0 saturated heterocycles. The van der Waals surface area contributed by atoms with Gasteiger partial charge in [-0.05, 0) is 19.1 Å². The number of rotatable bonds is 0. The molecule has 15 heavy (non-hydrogen) atoms. The summed E-state index contributed by atoms with van der Waals surface area (Å²) in [5.74, 6) is 0. The van der Waals surface area contributed by atoms with Gasteiger partial charge in [-0.25, -0.2) is 4.98 Å². The molecule has 1 atom stereocenters. The number of fused-ring (bicyclic) bond motifs is 3. The SMILES string of the molecule is CC1c2cncn2-c2ccccc2N1[O-]. The van der Waals surface area contributed by atoms with Gasteiger partial charge in [-0.1, -0.05) is 12.1 Å². The summed E-state index contributed by atoms with van der Waals surface area (Å²) < 4.78 is 1.97. The van der Waals surface area contributed by atoms with Gasteiger partial charge < -0.3 is 10.3 Å². The first kappa shape index (κ1) is 8.49. The van der Waals surface area contributed by atoms with Crippen LogP contribution in [0.5, 0.6) is 0 Å². The van der Waals surface area contributed by atoms with E-state index in [2.05, 4.69) is 4.98 Å². The molecule has 0 N–H and O–H groups in total. The van der Waals surface area contributed by atoms with Crippen molar-refractivity contribution < 1.29 is 0 Å². The minimum absolute atomic E-state index is 0.178. The highest BCUT2D eigenvalue weighted by molar-refractivity contribution is 5.67. The molecule has 0 aliphatic carbocycles. The van der Waals surface area contributed by atoms with Crippen LogP contribution in [-0.4, -0.2) is 9.55 Å². The second-order valence-corrected chi connectivity index (χ2v) is 3.68. The zero-order chi connectivity index (χ0) is 10.4. The molecule has 1 aliphatic heterocycles. The van der Waals surface area contributed by atoms with Crippen LogP contribution >= 0.6 is 0 Å². The number of nitrogens with zero attached hydrogens (tertiary/aromatic N) is 3. The predicted octanol–water partition coefficient (Wildman–Crippen LogP) is 2.25. The van der Waals surface area contributed by atoms with E-state index >= 15 is 0 Å². The van der Waals surface area contributed by atoms with E-state index in [4.69, 9.17) is 0 Å². The maximum Gasteiger partial charge on any atom is 0.0995 e. The fourth-order valence-electron chi connectivity index (χ4n) is 2.00. The Hall–Kier alpha value is -1.81. The van der Waals surface area contributed by atoms with Gasteiger partial charge in [0.25, 0.3) is 0 Å². The molecule has 2 heterocycles. The lowest BCUT2D eigenvalue weighted by molar-refractivity contribution is 0.691. The third kappa shape index (κ3) is 1.02. The van der Waals surface area contributed by atoms with Crippen LogP contribution in [0.4, 0.5) is 5.69 Å². The second kappa shape index (κ2) is 2.84. The van der Waals surface area contributed by atoms with Gasteiger partial charge in [0.05, 0.1) is 35.6 Å². The van der Waals surface area contributed by atoms with Crippen molar-refractivity contribution in [3.63, 3.8) is 0 Å². The van der Waals surface area contributed by atoms with E-state index in [9.17, 15) is 5.21 Å². The van der Waals surface area contributed by atoms with Gasteiger partial charge in [-0.2, -0.15) is 0 Å². The number of benzene rings is 1. The van der Waals surface area contributed by atoms with Crippen molar-refractivity contribution in [2.75, 3.05) is 5.06 Å². The summed E-state index contributed by atoms with van der Waals surface area (Å²) in [6.07, 6.45) is 3.49. The van der Waals surface area contributed by atoms with Gasteiger partial charge in [0.2, 0.25) is 0 Å². The standard InChI is InChI=1S/C11H10N3O/c1-8-11-6-12-7-13(11)9-4-2-3-5-10(9)14(8)15/h2-8H,1H3/q-1. The van der Waals surface area contributed by atoms with Crippen LogP contribution in [0.1, 0.15) is 18.7 Å². The number of hydroxylamine groups is 1. The summed E-state index contributed by atoms with van der Waals surface area (Å²) in [5.41, 5.74) is 2.54. The normalized spacial score (nSPS) is 18.5. The van der Waals surface area contributed by atoms with Crippen molar-refractivity contribution in [2.24, 2.45) is 0 Å². The quantitative estimate of drug-likeness (QED) is 0.655. The average Bonchev–Trinajstić information content (AvgIpc) is 2.75. The topological polar surface area (TPSA) is 44.1 Å². The van der Waals surface area contributed by atoms with E-state index in [1.165, 1.54) is 0 Å². The van der Waals surface area contributed by atoms with Crippen molar-refractivity contribution in [2.45, 2.75) is 13.0 Å². The first-order valence-corrected chi connectivity index (χ1v) is 4.87. The third-order valence-electron chi connectivity index (χ3n) is 2.83. The molecule has 0 bridgehead atoms. The molecular weight excluding hydrogens is 190 g/mol. The van der Waals surface area contributed by atoms with E-state index in [1.54, 1.807) is 12.5 Å². The van der Waals surface area contributed by atoms with Crippen LogP contribution in [-0.2, 0) is 0 Å². The van der Waals surface area contributed by atoms with Crippen molar-refractivity contribution in [1.82, 2.24) is 9.55 Å². The number of imidazole rings is 1. The Balaban J connectivity index is 2.32. The first-order valence-electron chi connectivity index (χ1n) is 4.87. The van der Waals surface area contributed by atoms with Crippen LogP contribution in [0.15, 0.2) is 36.8 Å². The number of anilines is 1. The number of hydrogen-bond donors (Lipinski definition) is 0. The van der Waals surface area contributed by atoms with Crippen LogP contribution in [0.2, 0.25) is 0 Å². The summed E-state index contributed by atoms with van der Waals surface area (Å²) in [6, 6.07) is 7.38. The molecule has 0 spiro atoms. The van der Waals surface area contributed by atoms with Crippen molar-refractivity contribution in [3.8, 4) is 5.69 Å². The maximum atomic E-state index is 12.0. The van der Waals surface area contributed by atoms with E-state index in [0.717, 1.165) is 16.4 Å². The van der Waals surface area contributed by atoms with E-state index in [0.29, 0.717) is 5.69 Å². The molecule has 1 aromatic heterocycles. The highest BCUT2D eigenvalue weighted by Crippen LogP contribution is 2.36. The Morgan fingerprint density at radius 2 is 2.00 bits per heavy atom. The first-order chi connectivity index (χ1) is 7.29. The van der Waals surface area contributed by atoms with Gasteiger partial charge in [0.1, 0.15) is 0 Å². The van der Waals surface area contributed by atoms with Gasteiger partial charge >= 0.3 is 0 Å². The molecular formula is C11H10N3O-. The zero-order valence-electron chi connectivity index (χ0n) is 8.29. The third-order valence-corrected chi connectivity index (χ3v) is 2.83. The molecule has 4 nitrogen and oxygen atoms in total. The molecule has 76 valence electrons. The minimum atomic E-state index is -0.178. The van der Waals surface area contributed by atoms with Crippen LogP contribution in [0.25, 0.3) is 5.69 Å². The monoisotopic (exact) mass is 200 g/mol. The Bertz CT molecular complexity index is 506. The Morgan fingerprint density at radius 3 is 2.80 bits per heavy atom. The van der Waals surface area contributed by atoms with Gasteiger partial charge in [0.15, 0.2) is 0 Å². The van der Waals surface area contributed by atoms with Crippen LogP contribution in [0, 0.1) is 5.21 Å². The highest BCUT2D eigenvalue weighted by atomic mass is 16.5. The summed E-state index contributed by atoms with van der Waals surface area (Å²) in [7, 11) is 0. The maximum absolute atomic E-state index is 12.0. The average molecular weight is 200 g/mol. The molecule has 0 amide bonds. The Morgan fingerprint density at radius 1 is 1.27 bits per heavy atom. The fraction of sp³-hybridized carbons (Fsp3) is 0.182. The van der Waals surface area contributed by atoms with Crippen molar-refractivity contribution in [3.05, 3.63) is 47.7 Å². The molecule has 1 unspecified atom stereocenters. The van der Waals surface area contributed by atoms with Crippen LogP contribution < -0.4 is 5.06 Å². The number of para-hydroxylation sites is 2. The molecule has 2 aromatic rings. The molecule has 3 rings (SSSR count). The smallest absolute Gasteiger partial charge is 0.0995 e. The predicted molar refractivity (Wildman–Crippen MR) is 57.8 cm³/mol. The molecule has 0 fully saturated rings. The summed E-state index contributed by atoms with van der Waals surface area (Å²) >= 11 is 0. The largest absolute Gasteiger partial charge is 0.758 e. The lowest BCUT2D eigenvalue weighted by atomic mass is 10.1. The van der Waals surface area contributed by atoms with E-state index in [-0.39, 0.29) is 6.04 Å².